The largest absolute Gasteiger partial charge is 0.491 e. The van der Waals surface area contributed by atoms with Crippen molar-refractivity contribution < 1.29 is 22.3 Å². The standard InChI is InChI=1S/C15H17FN4O4S/c16-13-2-1-3-14-12(13)10-19(6-7-24-14)15(21)4-5-20-9-11(8-18-20)25(17,22)23/h1-3,8-9H,4-7,10H2,(H2,17,22,23). The number of fused-ring (bicyclic) bond motifs is 1. The van der Waals surface area contributed by atoms with Gasteiger partial charge < -0.3 is 9.64 Å². The fourth-order valence-corrected chi connectivity index (χ4v) is 3.02. The predicted octanol–water partition coefficient (Wildman–Crippen LogP) is 0.481. The Morgan fingerprint density at radius 3 is 2.92 bits per heavy atom. The molecule has 0 saturated carbocycles. The van der Waals surface area contributed by atoms with Crippen LogP contribution in [0.15, 0.2) is 35.5 Å². The van der Waals surface area contributed by atoms with Gasteiger partial charge >= 0.3 is 0 Å². The molecule has 134 valence electrons. The van der Waals surface area contributed by atoms with Gasteiger partial charge in [-0.3, -0.25) is 9.48 Å². The van der Waals surface area contributed by atoms with Gasteiger partial charge in [0.2, 0.25) is 15.9 Å². The van der Waals surface area contributed by atoms with Gasteiger partial charge in [0.1, 0.15) is 23.1 Å². The molecule has 1 aromatic heterocycles. The molecule has 1 aliphatic heterocycles. The number of aryl methyl sites for hydroxylation is 1. The Bertz CT molecular complexity index is 897. The van der Waals surface area contributed by atoms with Gasteiger partial charge in [-0.05, 0) is 12.1 Å². The fraction of sp³-hybridized carbons (Fsp3) is 0.333. The van der Waals surface area contributed by atoms with Gasteiger partial charge in [-0.15, -0.1) is 0 Å². The number of amides is 1. The average molecular weight is 368 g/mol. The van der Waals surface area contributed by atoms with Crippen LogP contribution in [-0.4, -0.2) is 42.2 Å². The van der Waals surface area contributed by atoms with Crippen molar-refractivity contribution in [3.05, 3.63) is 42.0 Å². The molecule has 10 heteroatoms. The summed E-state index contributed by atoms with van der Waals surface area (Å²) in [6, 6.07) is 4.56. The van der Waals surface area contributed by atoms with Gasteiger partial charge in [0, 0.05) is 24.7 Å². The maximum Gasteiger partial charge on any atom is 0.241 e. The number of ether oxygens (including phenoxy) is 1. The normalized spacial score (nSPS) is 14.6. The minimum absolute atomic E-state index is 0.0928. The lowest BCUT2D eigenvalue weighted by molar-refractivity contribution is -0.132. The summed E-state index contributed by atoms with van der Waals surface area (Å²) in [6.07, 6.45) is 2.49. The number of benzene rings is 1. The van der Waals surface area contributed by atoms with Crippen molar-refractivity contribution in [2.45, 2.75) is 24.4 Å². The van der Waals surface area contributed by atoms with Gasteiger partial charge in [0.05, 0.1) is 19.3 Å². The highest BCUT2D eigenvalue weighted by atomic mass is 32.2. The van der Waals surface area contributed by atoms with Gasteiger partial charge in [-0.1, -0.05) is 6.07 Å². The molecule has 0 aliphatic carbocycles. The highest BCUT2D eigenvalue weighted by molar-refractivity contribution is 7.89. The van der Waals surface area contributed by atoms with E-state index in [4.69, 9.17) is 9.88 Å². The summed E-state index contributed by atoms with van der Waals surface area (Å²) >= 11 is 0. The molecule has 0 bridgehead atoms. The van der Waals surface area contributed by atoms with E-state index in [-0.39, 0.29) is 36.9 Å². The SMILES string of the molecule is NS(=O)(=O)c1cnn(CCC(=O)N2CCOc3cccc(F)c3C2)c1. The Hall–Kier alpha value is -2.46. The number of nitrogens with two attached hydrogens (primary N) is 1. The molecular formula is C15H17FN4O4S. The molecule has 2 aromatic rings. The lowest BCUT2D eigenvalue weighted by atomic mass is 10.1. The molecule has 2 heterocycles. The predicted molar refractivity (Wildman–Crippen MR) is 85.5 cm³/mol. The van der Waals surface area contributed by atoms with E-state index in [1.807, 2.05) is 0 Å². The van der Waals surface area contributed by atoms with Gasteiger partial charge in [-0.2, -0.15) is 5.10 Å². The van der Waals surface area contributed by atoms with Crippen LogP contribution in [0.5, 0.6) is 5.75 Å². The number of rotatable bonds is 4. The van der Waals surface area contributed by atoms with Crippen molar-refractivity contribution in [2.24, 2.45) is 5.14 Å². The quantitative estimate of drug-likeness (QED) is 0.845. The van der Waals surface area contributed by atoms with Crippen LogP contribution < -0.4 is 9.88 Å². The van der Waals surface area contributed by atoms with E-state index < -0.39 is 15.8 Å². The Morgan fingerprint density at radius 2 is 2.20 bits per heavy atom. The zero-order chi connectivity index (χ0) is 18.0. The van der Waals surface area contributed by atoms with Crippen LogP contribution in [0.25, 0.3) is 0 Å². The summed E-state index contributed by atoms with van der Waals surface area (Å²) < 4.78 is 43.2. The molecule has 0 fully saturated rings. The molecule has 1 aliphatic rings. The summed E-state index contributed by atoms with van der Waals surface area (Å²) in [6.45, 7) is 0.937. The van der Waals surface area contributed by atoms with E-state index in [1.165, 1.54) is 21.8 Å². The number of hydrogen-bond donors (Lipinski definition) is 1. The molecule has 8 nitrogen and oxygen atoms in total. The fourth-order valence-electron chi connectivity index (χ4n) is 2.56. The van der Waals surface area contributed by atoms with Crippen molar-refractivity contribution in [1.29, 1.82) is 0 Å². The van der Waals surface area contributed by atoms with Crippen LogP contribution in [0.4, 0.5) is 4.39 Å². The van der Waals surface area contributed by atoms with Crippen LogP contribution in [0, 0.1) is 5.82 Å². The number of primary sulfonamides is 1. The van der Waals surface area contributed by atoms with Crippen molar-refractivity contribution in [3.8, 4) is 5.75 Å². The van der Waals surface area contributed by atoms with E-state index in [0.717, 1.165) is 6.20 Å². The van der Waals surface area contributed by atoms with E-state index >= 15 is 0 Å². The summed E-state index contributed by atoms with van der Waals surface area (Å²) in [7, 11) is -3.82. The van der Waals surface area contributed by atoms with Crippen LogP contribution >= 0.6 is 0 Å². The first kappa shape index (κ1) is 17.4. The van der Waals surface area contributed by atoms with Crippen LogP contribution in [-0.2, 0) is 27.9 Å². The van der Waals surface area contributed by atoms with Gasteiger partial charge in [0.25, 0.3) is 0 Å². The molecule has 3 rings (SSSR count). The Morgan fingerprint density at radius 1 is 1.40 bits per heavy atom. The number of aromatic nitrogens is 2. The number of carbonyl (C=O) groups is 1. The second-order valence-electron chi connectivity index (χ2n) is 5.61. The first-order valence-corrected chi connectivity index (χ1v) is 9.12. The highest BCUT2D eigenvalue weighted by Gasteiger charge is 2.22. The molecule has 25 heavy (non-hydrogen) atoms. The number of nitrogens with zero attached hydrogens (tertiary/aromatic N) is 3. The first-order chi connectivity index (χ1) is 11.8. The van der Waals surface area contributed by atoms with Crippen molar-refractivity contribution in [1.82, 2.24) is 14.7 Å². The Kier molecular flexibility index (Phi) is 4.73. The summed E-state index contributed by atoms with van der Waals surface area (Å²) in [5.41, 5.74) is 0.351. The molecule has 2 N–H and O–H groups in total. The van der Waals surface area contributed by atoms with Crippen LogP contribution in [0.2, 0.25) is 0 Å². The first-order valence-electron chi connectivity index (χ1n) is 7.58. The molecule has 0 saturated heterocycles. The van der Waals surface area contributed by atoms with E-state index in [1.54, 1.807) is 12.1 Å². The molecule has 0 atom stereocenters. The third-order valence-electron chi connectivity index (χ3n) is 3.89. The minimum atomic E-state index is -3.82. The maximum atomic E-state index is 14.0. The van der Waals surface area contributed by atoms with E-state index in [2.05, 4.69) is 5.10 Å². The lowest BCUT2D eigenvalue weighted by Gasteiger charge is -2.20. The molecule has 1 amide bonds. The van der Waals surface area contributed by atoms with Crippen LogP contribution in [0.3, 0.4) is 0 Å². The topological polar surface area (TPSA) is 108 Å². The zero-order valence-electron chi connectivity index (χ0n) is 13.3. The Labute approximate surface area is 144 Å². The van der Waals surface area contributed by atoms with Crippen molar-refractivity contribution >= 4 is 15.9 Å². The maximum absolute atomic E-state index is 14.0. The monoisotopic (exact) mass is 368 g/mol. The van der Waals surface area contributed by atoms with Crippen molar-refractivity contribution in [3.63, 3.8) is 0 Å². The van der Waals surface area contributed by atoms with E-state index in [9.17, 15) is 17.6 Å². The lowest BCUT2D eigenvalue weighted by Crippen LogP contribution is -2.33. The second kappa shape index (κ2) is 6.81. The third kappa shape index (κ3) is 3.97. The van der Waals surface area contributed by atoms with Gasteiger partial charge in [-0.25, -0.2) is 17.9 Å². The summed E-state index contributed by atoms with van der Waals surface area (Å²) in [5.74, 6) is -0.172. The number of carbonyl (C=O) groups excluding carboxylic acids is 1. The number of sulfonamides is 1. The molecule has 0 unspecified atom stereocenters. The summed E-state index contributed by atoms with van der Waals surface area (Å²) in [5, 5.41) is 8.88. The number of hydrogen-bond acceptors (Lipinski definition) is 5. The molecule has 1 aromatic carbocycles. The molecule has 0 radical (unpaired) electrons. The smallest absolute Gasteiger partial charge is 0.241 e. The van der Waals surface area contributed by atoms with Gasteiger partial charge in [0.15, 0.2) is 0 Å². The number of halogens is 1. The zero-order valence-corrected chi connectivity index (χ0v) is 14.1. The minimum Gasteiger partial charge on any atom is -0.491 e. The molecule has 0 spiro atoms. The van der Waals surface area contributed by atoms with Crippen molar-refractivity contribution in [2.75, 3.05) is 13.2 Å². The Balaban J connectivity index is 1.65. The summed E-state index contributed by atoms with van der Waals surface area (Å²) in [4.78, 5) is 13.8. The highest BCUT2D eigenvalue weighted by Crippen LogP contribution is 2.25. The third-order valence-corrected chi connectivity index (χ3v) is 4.76. The second-order valence-corrected chi connectivity index (χ2v) is 7.18. The molecular weight excluding hydrogens is 351 g/mol. The van der Waals surface area contributed by atoms with Crippen LogP contribution in [0.1, 0.15) is 12.0 Å². The van der Waals surface area contributed by atoms with E-state index in [0.29, 0.717) is 17.9 Å². The average Bonchev–Trinajstić information content (AvgIpc) is 2.92.